The van der Waals surface area contributed by atoms with E-state index in [9.17, 15) is 4.79 Å². The molecule has 0 spiro atoms. The van der Waals surface area contributed by atoms with Gasteiger partial charge in [-0.25, -0.2) is 0 Å². The van der Waals surface area contributed by atoms with E-state index >= 15 is 0 Å². The van der Waals surface area contributed by atoms with Gasteiger partial charge < -0.3 is 9.88 Å². The average Bonchev–Trinajstić information content (AvgIpc) is 3.37. The molecule has 2 unspecified atom stereocenters. The zero-order chi connectivity index (χ0) is 22.7. The molecule has 4 aromatic rings. The van der Waals surface area contributed by atoms with E-state index in [1.807, 2.05) is 60.0 Å². The fourth-order valence-corrected chi connectivity index (χ4v) is 4.79. The van der Waals surface area contributed by atoms with Crippen molar-refractivity contribution >= 4 is 23.3 Å². The summed E-state index contributed by atoms with van der Waals surface area (Å²) in [6.07, 6.45) is 4.79. The van der Waals surface area contributed by atoms with Gasteiger partial charge in [-0.15, -0.1) is 10.2 Å². The van der Waals surface area contributed by atoms with Gasteiger partial charge in [0, 0.05) is 17.6 Å². The molecule has 0 saturated carbocycles. The SMILES string of the molecule is CSCCC(NC(=O)c1cc(C)n(C(C)c2ccccc2)c1C)c1nnc2ccccn12. The molecule has 1 amide bonds. The highest BCUT2D eigenvalue weighted by atomic mass is 32.2. The molecule has 2 atom stereocenters. The molecule has 0 saturated heterocycles. The third-order valence-corrected chi connectivity index (χ3v) is 6.61. The van der Waals surface area contributed by atoms with Crippen LogP contribution in [0.15, 0.2) is 60.8 Å². The summed E-state index contributed by atoms with van der Waals surface area (Å²) >= 11 is 1.75. The Balaban J connectivity index is 1.63. The van der Waals surface area contributed by atoms with Crippen molar-refractivity contribution in [3.05, 3.63) is 89.1 Å². The number of aryl methyl sites for hydroxylation is 1. The van der Waals surface area contributed by atoms with Crippen molar-refractivity contribution in [2.75, 3.05) is 12.0 Å². The topological polar surface area (TPSA) is 64.2 Å². The maximum Gasteiger partial charge on any atom is 0.253 e. The Morgan fingerprint density at radius 3 is 2.59 bits per heavy atom. The minimum absolute atomic E-state index is 0.0802. The normalized spacial score (nSPS) is 13.2. The van der Waals surface area contributed by atoms with E-state index < -0.39 is 0 Å². The fraction of sp³-hybridized carbons (Fsp3) is 0.320. The molecule has 1 N–H and O–H groups in total. The van der Waals surface area contributed by atoms with Crippen molar-refractivity contribution in [2.24, 2.45) is 0 Å². The summed E-state index contributed by atoms with van der Waals surface area (Å²) in [5, 5.41) is 11.9. The molecule has 7 heteroatoms. The van der Waals surface area contributed by atoms with Crippen LogP contribution in [0.3, 0.4) is 0 Å². The molecule has 0 fully saturated rings. The van der Waals surface area contributed by atoms with Crippen LogP contribution in [-0.4, -0.2) is 37.1 Å². The molecule has 0 radical (unpaired) electrons. The molecule has 0 bridgehead atoms. The number of hydrogen-bond acceptors (Lipinski definition) is 4. The molecule has 3 heterocycles. The second kappa shape index (κ2) is 9.61. The van der Waals surface area contributed by atoms with E-state index in [4.69, 9.17) is 0 Å². The molecular weight excluding hydrogens is 418 g/mol. The quantitative estimate of drug-likeness (QED) is 0.414. The van der Waals surface area contributed by atoms with Gasteiger partial charge in [-0.3, -0.25) is 9.20 Å². The van der Waals surface area contributed by atoms with E-state index in [1.165, 1.54) is 5.56 Å². The third kappa shape index (κ3) is 4.30. The van der Waals surface area contributed by atoms with Crippen molar-refractivity contribution in [2.45, 2.75) is 39.3 Å². The molecule has 4 rings (SSSR count). The number of carbonyl (C=O) groups excluding carboxylic acids is 1. The van der Waals surface area contributed by atoms with Crippen molar-refractivity contribution in [3.8, 4) is 0 Å². The van der Waals surface area contributed by atoms with Gasteiger partial charge >= 0.3 is 0 Å². The van der Waals surface area contributed by atoms with Crippen LogP contribution < -0.4 is 5.32 Å². The molecule has 1 aromatic carbocycles. The van der Waals surface area contributed by atoms with Gasteiger partial charge in [-0.05, 0) is 63.0 Å². The van der Waals surface area contributed by atoms with Gasteiger partial charge in [-0.1, -0.05) is 36.4 Å². The second-order valence-electron chi connectivity index (χ2n) is 8.04. The van der Waals surface area contributed by atoms with Gasteiger partial charge in [-0.2, -0.15) is 11.8 Å². The van der Waals surface area contributed by atoms with Crippen molar-refractivity contribution in [3.63, 3.8) is 0 Å². The first kappa shape index (κ1) is 22.1. The molecule has 3 aromatic heterocycles. The number of benzene rings is 1. The molecule has 0 aliphatic heterocycles. The lowest BCUT2D eigenvalue weighted by Gasteiger charge is -2.20. The third-order valence-electron chi connectivity index (χ3n) is 5.97. The Labute approximate surface area is 193 Å². The number of rotatable bonds is 8. The minimum Gasteiger partial charge on any atom is -0.342 e. The summed E-state index contributed by atoms with van der Waals surface area (Å²) in [4.78, 5) is 13.4. The number of aromatic nitrogens is 4. The number of carbonyl (C=O) groups is 1. The summed E-state index contributed by atoms with van der Waals surface area (Å²) in [6, 6.07) is 18.1. The number of fused-ring (bicyclic) bond motifs is 1. The summed E-state index contributed by atoms with van der Waals surface area (Å²) < 4.78 is 4.18. The summed E-state index contributed by atoms with van der Waals surface area (Å²) in [6.45, 7) is 6.24. The number of nitrogens with zero attached hydrogens (tertiary/aromatic N) is 4. The Bertz CT molecular complexity index is 1210. The van der Waals surface area contributed by atoms with Gasteiger partial charge in [0.15, 0.2) is 11.5 Å². The first-order valence-electron chi connectivity index (χ1n) is 10.8. The molecule has 0 aliphatic carbocycles. The smallest absolute Gasteiger partial charge is 0.253 e. The van der Waals surface area contributed by atoms with Crippen molar-refractivity contribution in [1.29, 1.82) is 0 Å². The van der Waals surface area contributed by atoms with Crippen LogP contribution in [0.25, 0.3) is 5.65 Å². The van der Waals surface area contributed by atoms with Gasteiger partial charge in [0.25, 0.3) is 5.91 Å². The maximum atomic E-state index is 13.4. The predicted octanol–water partition coefficient (Wildman–Crippen LogP) is 4.98. The lowest BCUT2D eigenvalue weighted by Crippen LogP contribution is -2.30. The zero-order valence-corrected chi connectivity index (χ0v) is 19.8. The molecule has 166 valence electrons. The van der Waals surface area contributed by atoms with E-state index in [-0.39, 0.29) is 18.0 Å². The van der Waals surface area contributed by atoms with E-state index in [0.717, 1.165) is 35.0 Å². The monoisotopic (exact) mass is 447 g/mol. The predicted molar refractivity (Wildman–Crippen MR) is 130 cm³/mol. The van der Waals surface area contributed by atoms with Crippen LogP contribution in [-0.2, 0) is 0 Å². The number of thioether (sulfide) groups is 1. The summed E-state index contributed by atoms with van der Waals surface area (Å²) in [5.74, 6) is 1.59. The fourth-order valence-electron chi connectivity index (χ4n) is 4.32. The Hall–Kier alpha value is -3.06. The first-order chi connectivity index (χ1) is 15.5. The zero-order valence-electron chi connectivity index (χ0n) is 18.9. The second-order valence-corrected chi connectivity index (χ2v) is 9.02. The molecular formula is C25H29N5OS. The molecule has 0 aliphatic rings. The van der Waals surface area contributed by atoms with E-state index in [0.29, 0.717) is 5.56 Å². The standard InChI is InChI=1S/C25H29N5OS/c1-17-16-21(19(3)30(17)18(2)20-10-6-5-7-11-20)25(31)26-22(13-15-32-4)24-28-27-23-12-8-9-14-29(23)24/h5-12,14,16,18,22H,13,15H2,1-4H3,(H,26,31). The van der Waals surface area contributed by atoms with E-state index in [1.54, 1.807) is 11.8 Å². The first-order valence-corrected chi connectivity index (χ1v) is 12.2. The highest BCUT2D eigenvalue weighted by molar-refractivity contribution is 7.98. The van der Waals surface area contributed by atoms with Crippen molar-refractivity contribution < 1.29 is 4.79 Å². The lowest BCUT2D eigenvalue weighted by atomic mass is 10.1. The van der Waals surface area contributed by atoms with Crippen LogP contribution in [0, 0.1) is 13.8 Å². The number of hydrogen-bond donors (Lipinski definition) is 1. The summed E-state index contributed by atoms with van der Waals surface area (Å²) in [5.41, 5.74) is 4.73. The Morgan fingerprint density at radius 2 is 1.84 bits per heavy atom. The van der Waals surface area contributed by atoms with Crippen LogP contribution >= 0.6 is 11.8 Å². The lowest BCUT2D eigenvalue weighted by molar-refractivity contribution is 0.0933. The number of pyridine rings is 1. The summed E-state index contributed by atoms with van der Waals surface area (Å²) in [7, 11) is 0. The van der Waals surface area contributed by atoms with Crippen LogP contribution in [0.2, 0.25) is 0 Å². The maximum absolute atomic E-state index is 13.4. The minimum atomic E-state index is -0.220. The Kier molecular flexibility index (Phi) is 6.65. The van der Waals surface area contributed by atoms with Crippen LogP contribution in [0.5, 0.6) is 0 Å². The van der Waals surface area contributed by atoms with Crippen molar-refractivity contribution in [1.82, 2.24) is 24.5 Å². The highest BCUT2D eigenvalue weighted by Gasteiger charge is 2.24. The average molecular weight is 448 g/mol. The number of amides is 1. The number of nitrogens with one attached hydrogen (secondary N) is 1. The van der Waals surface area contributed by atoms with Gasteiger partial charge in [0.05, 0.1) is 17.6 Å². The largest absolute Gasteiger partial charge is 0.342 e. The highest BCUT2D eigenvalue weighted by Crippen LogP contribution is 2.26. The van der Waals surface area contributed by atoms with Crippen LogP contribution in [0.4, 0.5) is 0 Å². The van der Waals surface area contributed by atoms with Gasteiger partial charge in [0.1, 0.15) is 0 Å². The molecule has 32 heavy (non-hydrogen) atoms. The van der Waals surface area contributed by atoms with E-state index in [2.05, 4.69) is 52.3 Å². The van der Waals surface area contributed by atoms with Crippen LogP contribution in [0.1, 0.15) is 58.6 Å². The molecule has 6 nitrogen and oxygen atoms in total. The Morgan fingerprint density at radius 1 is 1.09 bits per heavy atom. The van der Waals surface area contributed by atoms with Gasteiger partial charge in [0.2, 0.25) is 0 Å².